The third-order valence-corrected chi connectivity index (χ3v) is 4.42. The zero-order valence-electron chi connectivity index (χ0n) is 8.59. The Hall–Kier alpha value is -0.210. The van der Waals surface area contributed by atoms with Crippen molar-refractivity contribution >= 4 is 10.9 Å². The number of likely N-dealkylation sites (N-methyl/N-ethyl adjacent to an activating group) is 1. The molecule has 0 fully saturated rings. The molecule has 1 N–H and O–H groups in total. The van der Waals surface area contributed by atoms with Gasteiger partial charge in [-0.1, -0.05) is 19.9 Å². The summed E-state index contributed by atoms with van der Waals surface area (Å²) in [5.41, 5.74) is 1.44. The summed E-state index contributed by atoms with van der Waals surface area (Å²) in [5, 5.41) is 8.09. The molecule has 13 heavy (non-hydrogen) atoms. The molecule has 0 aromatic rings. The number of thiol groups is 1. The lowest BCUT2D eigenvalue weighted by molar-refractivity contribution is 0.655. The summed E-state index contributed by atoms with van der Waals surface area (Å²) < 4.78 is 0. The summed E-state index contributed by atoms with van der Waals surface area (Å²) >= 11 is 0. The Labute approximate surface area is 84.6 Å². The van der Waals surface area contributed by atoms with Crippen LogP contribution in [0.1, 0.15) is 19.8 Å². The predicted molar refractivity (Wildman–Crippen MR) is 64.2 cm³/mol. The third-order valence-electron chi connectivity index (χ3n) is 2.29. The average molecular weight is 198 g/mol. The molecule has 0 saturated carbocycles. The second kappa shape index (κ2) is 5.51. The van der Waals surface area contributed by atoms with Crippen molar-refractivity contribution in [2.45, 2.75) is 25.8 Å². The molecule has 0 spiro atoms. The van der Waals surface area contributed by atoms with E-state index in [1.807, 2.05) is 7.05 Å². The van der Waals surface area contributed by atoms with Crippen molar-refractivity contribution in [3.63, 3.8) is 0 Å². The van der Waals surface area contributed by atoms with E-state index in [4.69, 9.17) is 0 Å². The lowest BCUT2D eigenvalue weighted by Gasteiger charge is -2.14. The normalized spacial score (nSPS) is 26.1. The summed E-state index contributed by atoms with van der Waals surface area (Å²) in [4.78, 5) is 0. The summed E-state index contributed by atoms with van der Waals surface area (Å²) in [5.74, 6) is 1.34. The monoisotopic (exact) mass is 198 g/mol. The highest BCUT2D eigenvalue weighted by Crippen LogP contribution is 2.37. The fraction of sp³-hybridized carbons (Fsp3) is 0.545. The van der Waals surface area contributed by atoms with Gasteiger partial charge in [0.15, 0.2) is 0 Å². The van der Waals surface area contributed by atoms with E-state index in [2.05, 4.69) is 36.1 Å². The topological polar surface area (TPSA) is 12.0 Å². The number of rotatable bonds is 5. The van der Waals surface area contributed by atoms with Crippen molar-refractivity contribution in [2.24, 2.45) is 0 Å². The SMILES string of the molecule is [CH2]CC(NC)C1=C[SH](CCC)C=C1. The summed E-state index contributed by atoms with van der Waals surface area (Å²) in [6.07, 6.45) is 4.49. The van der Waals surface area contributed by atoms with Gasteiger partial charge in [0.1, 0.15) is 0 Å². The van der Waals surface area contributed by atoms with E-state index in [1.165, 1.54) is 17.7 Å². The Morgan fingerprint density at radius 3 is 2.92 bits per heavy atom. The van der Waals surface area contributed by atoms with Crippen LogP contribution in [0.15, 0.2) is 22.5 Å². The largest absolute Gasteiger partial charge is 0.313 e. The lowest BCUT2D eigenvalue weighted by atomic mass is 10.1. The van der Waals surface area contributed by atoms with Gasteiger partial charge in [-0.25, -0.2) is 10.9 Å². The second-order valence-corrected chi connectivity index (χ2v) is 5.34. The van der Waals surface area contributed by atoms with Crippen LogP contribution in [0, 0.1) is 6.92 Å². The van der Waals surface area contributed by atoms with Gasteiger partial charge >= 0.3 is 0 Å². The van der Waals surface area contributed by atoms with Crippen molar-refractivity contribution in [2.75, 3.05) is 12.8 Å². The smallest absolute Gasteiger partial charge is 0.0322 e. The van der Waals surface area contributed by atoms with Crippen molar-refractivity contribution in [3.8, 4) is 0 Å². The van der Waals surface area contributed by atoms with Crippen LogP contribution >= 0.6 is 10.9 Å². The zero-order valence-corrected chi connectivity index (χ0v) is 9.48. The van der Waals surface area contributed by atoms with E-state index in [9.17, 15) is 0 Å². The molecule has 75 valence electrons. The van der Waals surface area contributed by atoms with Gasteiger partial charge < -0.3 is 5.32 Å². The first-order valence-corrected chi connectivity index (χ1v) is 6.60. The van der Waals surface area contributed by atoms with Crippen molar-refractivity contribution in [1.29, 1.82) is 0 Å². The molecule has 1 radical (unpaired) electrons. The first-order chi connectivity index (χ1) is 6.31. The van der Waals surface area contributed by atoms with E-state index in [0.29, 0.717) is 6.04 Å². The van der Waals surface area contributed by atoms with Crippen LogP contribution in [0.4, 0.5) is 0 Å². The van der Waals surface area contributed by atoms with Gasteiger partial charge in [0.25, 0.3) is 0 Å². The van der Waals surface area contributed by atoms with Crippen molar-refractivity contribution in [3.05, 3.63) is 29.4 Å². The molecule has 0 bridgehead atoms. The molecule has 0 saturated heterocycles. The molecule has 2 atom stereocenters. The maximum Gasteiger partial charge on any atom is 0.0322 e. The van der Waals surface area contributed by atoms with Crippen LogP contribution in [0.2, 0.25) is 0 Å². The van der Waals surface area contributed by atoms with E-state index in [1.54, 1.807) is 0 Å². The number of nitrogens with one attached hydrogen (secondary N) is 1. The standard InChI is InChI=1S/C11H20NS/c1-4-7-13-8-6-10(9-13)11(5-2)12-3/h6,8-9,11-13H,2,4-5,7H2,1,3H3. The Balaban J connectivity index is 2.53. The quantitative estimate of drug-likeness (QED) is 0.647. The Morgan fingerprint density at radius 2 is 2.38 bits per heavy atom. The maximum absolute atomic E-state index is 3.94. The minimum absolute atomic E-state index is 0.0612. The minimum Gasteiger partial charge on any atom is -0.313 e. The highest BCUT2D eigenvalue weighted by Gasteiger charge is 2.12. The summed E-state index contributed by atoms with van der Waals surface area (Å²) in [7, 11) is 2.07. The van der Waals surface area contributed by atoms with E-state index >= 15 is 0 Å². The number of hydrogen-bond acceptors (Lipinski definition) is 1. The third kappa shape index (κ3) is 2.89. The van der Waals surface area contributed by atoms with Crippen LogP contribution < -0.4 is 5.32 Å². The highest BCUT2D eigenvalue weighted by molar-refractivity contribution is 8.22. The molecule has 1 aliphatic rings. The van der Waals surface area contributed by atoms with Gasteiger partial charge in [0, 0.05) is 6.04 Å². The molecule has 0 amide bonds. The predicted octanol–water partition coefficient (Wildman–Crippen LogP) is 2.62. The van der Waals surface area contributed by atoms with Crippen LogP contribution in [0.3, 0.4) is 0 Å². The van der Waals surface area contributed by atoms with Crippen LogP contribution in [-0.2, 0) is 0 Å². The molecule has 1 rings (SSSR count). The van der Waals surface area contributed by atoms with Crippen LogP contribution in [-0.4, -0.2) is 18.8 Å². The van der Waals surface area contributed by atoms with E-state index < -0.39 is 0 Å². The van der Waals surface area contributed by atoms with Gasteiger partial charge in [-0.05, 0) is 42.0 Å². The Morgan fingerprint density at radius 1 is 1.62 bits per heavy atom. The van der Waals surface area contributed by atoms with Gasteiger partial charge in [0.05, 0.1) is 0 Å². The summed E-state index contributed by atoms with van der Waals surface area (Å²) in [6, 6.07) is 0.459. The second-order valence-electron chi connectivity index (χ2n) is 3.31. The Bertz CT molecular complexity index is 204. The van der Waals surface area contributed by atoms with Crippen LogP contribution in [0.5, 0.6) is 0 Å². The van der Waals surface area contributed by atoms with E-state index in [-0.39, 0.29) is 10.9 Å². The van der Waals surface area contributed by atoms with Crippen LogP contribution in [0.25, 0.3) is 0 Å². The van der Waals surface area contributed by atoms with Crippen molar-refractivity contribution < 1.29 is 0 Å². The highest BCUT2D eigenvalue weighted by atomic mass is 32.2. The van der Waals surface area contributed by atoms with Gasteiger partial charge in [-0.3, -0.25) is 0 Å². The van der Waals surface area contributed by atoms with Crippen molar-refractivity contribution in [1.82, 2.24) is 5.32 Å². The first kappa shape index (κ1) is 10.9. The fourth-order valence-corrected chi connectivity index (χ4v) is 3.43. The zero-order chi connectivity index (χ0) is 9.68. The maximum atomic E-state index is 3.94. The fourth-order valence-electron chi connectivity index (χ4n) is 1.54. The van der Waals surface area contributed by atoms with Gasteiger partial charge in [0.2, 0.25) is 0 Å². The molecule has 0 aromatic heterocycles. The molecular weight excluding hydrogens is 178 g/mol. The molecule has 2 unspecified atom stereocenters. The average Bonchev–Trinajstić information content (AvgIpc) is 2.56. The van der Waals surface area contributed by atoms with Gasteiger partial charge in [-0.15, -0.1) is 0 Å². The molecule has 1 nitrogen and oxygen atoms in total. The first-order valence-electron chi connectivity index (χ1n) is 4.94. The van der Waals surface area contributed by atoms with E-state index in [0.717, 1.165) is 6.42 Å². The summed E-state index contributed by atoms with van der Waals surface area (Å²) in [6.45, 7) is 6.19. The van der Waals surface area contributed by atoms with Gasteiger partial charge in [-0.2, -0.15) is 0 Å². The minimum atomic E-state index is 0.0612. The molecular formula is C11H20NS. The molecule has 1 heterocycles. The number of hydrogen-bond donors (Lipinski definition) is 2. The Kier molecular flexibility index (Phi) is 4.60. The lowest BCUT2D eigenvalue weighted by Crippen LogP contribution is -2.25. The molecule has 0 aromatic carbocycles. The molecule has 2 heteroatoms. The molecule has 1 aliphatic heterocycles. The molecule has 0 aliphatic carbocycles.